The minimum absolute atomic E-state index is 0.0987. The van der Waals surface area contributed by atoms with E-state index >= 15 is 0 Å². The molecular weight excluding hydrogens is 1250 g/mol. The molecule has 14 aromatic rings. The van der Waals surface area contributed by atoms with Crippen LogP contribution in [0.15, 0.2) is 231 Å². The number of aryl methyl sites for hydroxylation is 4. The molecule has 16 heteroatoms. The van der Waals surface area contributed by atoms with Gasteiger partial charge < -0.3 is 56.9 Å². The zero-order chi connectivity index (χ0) is 69.0. The Morgan fingerprint density at radius 3 is 1.08 bits per heavy atom. The normalized spacial score (nSPS) is 17.3. The van der Waals surface area contributed by atoms with Crippen LogP contribution in [0.4, 0.5) is 57.4 Å². The summed E-state index contributed by atoms with van der Waals surface area (Å²) in [6.07, 6.45) is 13.2. The van der Waals surface area contributed by atoms with Crippen molar-refractivity contribution in [3.63, 3.8) is 0 Å². The van der Waals surface area contributed by atoms with E-state index in [1.165, 1.54) is 54.2 Å². The highest BCUT2D eigenvalue weighted by Gasteiger charge is 2.35. The Kier molecular flexibility index (Phi) is 16.1. The predicted octanol–water partition coefficient (Wildman–Crippen LogP) is 22.1. The number of para-hydroxylation sites is 3. The molecule has 0 aliphatic carbocycles. The number of benzene rings is 10. The highest BCUT2D eigenvalue weighted by Crippen LogP contribution is 2.49. The number of rotatable bonds is 6. The number of nitrogens with zero attached hydrogens (tertiary/aromatic N) is 8. The predicted molar refractivity (Wildman–Crippen MR) is 397 cm³/mol. The van der Waals surface area contributed by atoms with Crippen LogP contribution in [0.25, 0.3) is 87.8 Å². The van der Waals surface area contributed by atoms with E-state index in [0.717, 1.165) is 122 Å². The molecule has 4 aliphatic heterocycles. The van der Waals surface area contributed by atoms with Gasteiger partial charge in [-0.15, -0.1) is 0 Å². The van der Waals surface area contributed by atoms with Crippen LogP contribution >= 0.6 is 0 Å². The molecule has 18 rings (SSSR count). The molecule has 0 saturated carbocycles. The maximum Gasteiger partial charge on any atom is 0.159 e. The van der Waals surface area contributed by atoms with E-state index in [0.29, 0.717) is 28.4 Å². The van der Waals surface area contributed by atoms with Gasteiger partial charge in [0.25, 0.3) is 0 Å². The van der Waals surface area contributed by atoms with Gasteiger partial charge in [0.15, 0.2) is 22.3 Å². The number of halogens is 4. The topological polar surface area (TPSA) is 78.5 Å². The molecule has 99 heavy (non-hydrogen) atoms. The summed E-state index contributed by atoms with van der Waals surface area (Å²) < 4.78 is 78.7. The highest BCUT2D eigenvalue weighted by atomic mass is 19.1. The Hall–Kier alpha value is -11.3. The quantitative estimate of drug-likeness (QED) is 0.149. The molecule has 0 radical (unpaired) electrons. The van der Waals surface area contributed by atoms with Crippen molar-refractivity contribution in [3.05, 3.63) is 259 Å². The average molecular weight is 1330 g/mol. The molecule has 4 atom stereocenters. The Morgan fingerprint density at radius 2 is 0.677 bits per heavy atom. The van der Waals surface area contributed by atoms with Crippen LogP contribution in [0.5, 0.6) is 0 Å². The van der Waals surface area contributed by atoms with Crippen molar-refractivity contribution in [1.82, 2.24) is 9.80 Å². The number of anilines is 7. The molecule has 10 aromatic carbocycles. The number of hydrogen-bond acceptors (Lipinski definition) is 12. The summed E-state index contributed by atoms with van der Waals surface area (Å²) in [5.41, 5.74) is 17.8. The Labute approximate surface area is 571 Å². The van der Waals surface area contributed by atoms with E-state index in [1.807, 2.05) is 37.5 Å². The van der Waals surface area contributed by atoms with Gasteiger partial charge in [-0.25, -0.2) is 17.6 Å². The van der Waals surface area contributed by atoms with Gasteiger partial charge in [-0.1, -0.05) is 78.9 Å². The van der Waals surface area contributed by atoms with Gasteiger partial charge in [-0.3, -0.25) is 0 Å². The van der Waals surface area contributed by atoms with Gasteiger partial charge in [0.05, 0.1) is 34.1 Å². The lowest BCUT2D eigenvalue weighted by atomic mass is 10.1. The van der Waals surface area contributed by atoms with Crippen LogP contribution in [0.3, 0.4) is 0 Å². The number of furan rings is 4. The van der Waals surface area contributed by atoms with Gasteiger partial charge in [0.2, 0.25) is 0 Å². The second-order valence-corrected chi connectivity index (χ2v) is 26.5. The molecule has 0 N–H and O–H groups in total. The van der Waals surface area contributed by atoms with E-state index in [2.05, 4.69) is 225 Å². The number of fused-ring (bicyclic) bond motifs is 13. The molecule has 4 aromatic heterocycles. The fraction of sp³-hybridized carbons (Fsp3) is 0.205. The lowest BCUT2D eigenvalue weighted by molar-refractivity contribution is 0.263. The van der Waals surface area contributed by atoms with Gasteiger partial charge in [-0.05, 0) is 164 Å². The summed E-state index contributed by atoms with van der Waals surface area (Å²) in [4.78, 5) is 17.9. The SMILES string of the molecule is Cc1ccc2c(oc3cc(F)ccc32)c1N1C=CN(C(C)C)[C@@H]1C.Cc1ccc2c(oc3cc(F)ccc32)c1N1C=CN(C)[C@@H]1C.Cc1ccc2c(oc3cc(F)ccc32)c1N1C=CN(c2ccccc2)[C@@H]1C.Cc1ccc2c(oc3cc(F)ccc32)c1N1c2ccccc2N(C)[C@@H]1C. The minimum atomic E-state index is -0.287. The van der Waals surface area contributed by atoms with Gasteiger partial charge in [0.1, 0.15) is 70.3 Å². The van der Waals surface area contributed by atoms with Crippen molar-refractivity contribution in [2.24, 2.45) is 0 Å². The molecule has 0 unspecified atom stereocenters. The number of hydrogen-bond donors (Lipinski definition) is 0. The lowest BCUT2D eigenvalue weighted by Gasteiger charge is -2.33. The zero-order valence-corrected chi connectivity index (χ0v) is 57.3. The fourth-order valence-corrected chi connectivity index (χ4v) is 14.7. The highest BCUT2D eigenvalue weighted by molar-refractivity contribution is 6.13. The molecule has 0 saturated heterocycles. The van der Waals surface area contributed by atoms with Crippen molar-refractivity contribution < 1.29 is 35.2 Å². The largest absolute Gasteiger partial charge is 0.454 e. The fourth-order valence-electron chi connectivity index (χ4n) is 14.7. The van der Waals surface area contributed by atoms with E-state index in [1.54, 1.807) is 24.3 Å². The van der Waals surface area contributed by atoms with E-state index < -0.39 is 0 Å². The van der Waals surface area contributed by atoms with Crippen LogP contribution < -0.4 is 29.4 Å². The summed E-state index contributed by atoms with van der Waals surface area (Å²) in [7, 11) is 4.15. The smallest absolute Gasteiger partial charge is 0.159 e. The van der Waals surface area contributed by atoms with E-state index in [-0.39, 0.29) is 47.9 Å². The standard InChI is InChI=1S/C23H19FN2O.C22H19FN2O.C20H21FN2O.C18H17FN2O/c1-15-8-10-20-19-11-9-17(24)14-21(19)27-23(20)22(15)26-13-12-25(16(26)2)18-6-4-3-5-7-18;1-13-8-10-17-16-11-9-15(23)12-20(16)26-22(17)21(13)25-14(2)24(3)18-6-4-5-7-19(18)25;1-12(2)22-9-10-23(14(22)4)19-13(3)5-7-17-16-8-6-15(21)11-18(16)24-20(17)19;1-11-4-6-15-14-7-5-13(19)10-16(14)22-18(15)17(11)21-9-8-20(3)12(21)2/h3-14,16H,1-2H3;4-12,14H,1-3H3;5-12,14H,1-4H3;4-10,12H,1-3H3/t16-;2*14-;12-/m0000/s1. The summed E-state index contributed by atoms with van der Waals surface area (Å²) in [6.45, 7) is 21.4. The maximum absolute atomic E-state index is 13.7. The van der Waals surface area contributed by atoms with Crippen LogP contribution in [-0.4, -0.2) is 54.6 Å². The van der Waals surface area contributed by atoms with Crippen LogP contribution in [0.2, 0.25) is 0 Å². The Bertz CT molecular complexity index is 5580. The zero-order valence-electron chi connectivity index (χ0n) is 57.3. The molecule has 4 aliphatic rings. The lowest BCUT2D eigenvalue weighted by Crippen LogP contribution is -2.39. The summed E-state index contributed by atoms with van der Waals surface area (Å²) in [6, 6.07) is 54.6. The van der Waals surface area contributed by atoms with Crippen LogP contribution in [0, 0.1) is 51.0 Å². The van der Waals surface area contributed by atoms with Crippen molar-refractivity contribution in [1.29, 1.82) is 0 Å². The minimum Gasteiger partial charge on any atom is -0.454 e. The molecular formula is C83H76F4N8O4. The first kappa shape index (κ1) is 63.8. The Morgan fingerprint density at radius 1 is 0.333 bits per heavy atom. The van der Waals surface area contributed by atoms with Gasteiger partial charge >= 0.3 is 0 Å². The van der Waals surface area contributed by atoms with Crippen molar-refractivity contribution in [3.8, 4) is 0 Å². The molecule has 8 heterocycles. The first-order valence-electron chi connectivity index (χ1n) is 33.5. The molecule has 0 spiro atoms. The summed E-state index contributed by atoms with van der Waals surface area (Å²) in [5, 5.41) is 7.83. The second-order valence-electron chi connectivity index (χ2n) is 26.5. The van der Waals surface area contributed by atoms with Crippen molar-refractivity contribution in [2.45, 2.75) is 99.9 Å². The van der Waals surface area contributed by atoms with Crippen LogP contribution in [0.1, 0.15) is 63.8 Å². The third-order valence-electron chi connectivity index (χ3n) is 20.1. The molecule has 0 fully saturated rings. The summed E-state index contributed by atoms with van der Waals surface area (Å²) in [5.74, 6) is -1.13. The molecule has 500 valence electrons. The first-order valence-corrected chi connectivity index (χ1v) is 33.5. The molecule has 12 nitrogen and oxygen atoms in total. The van der Waals surface area contributed by atoms with Crippen LogP contribution in [-0.2, 0) is 0 Å². The monoisotopic (exact) mass is 1320 g/mol. The van der Waals surface area contributed by atoms with Crippen molar-refractivity contribution >= 4 is 128 Å². The average Bonchev–Trinajstić information content (AvgIpc) is 1.62. The first-order chi connectivity index (χ1) is 47.7. The van der Waals surface area contributed by atoms with E-state index in [9.17, 15) is 17.6 Å². The molecule has 0 amide bonds. The Balaban J connectivity index is 0.000000108. The van der Waals surface area contributed by atoms with Crippen molar-refractivity contribution in [2.75, 3.05) is 43.5 Å². The maximum atomic E-state index is 13.7. The molecule has 0 bridgehead atoms. The summed E-state index contributed by atoms with van der Waals surface area (Å²) >= 11 is 0. The van der Waals surface area contributed by atoms with Gasteiger partial charge in [0, 0.05) is 130 Å². The van der Waals surface area contributed by atoms with E-state index in [4.69, 9.17) is 17.7 Å². The second kappa shape index (κ2) is 25.0. The third-order valence-corrected chi connectivity index (χ3v) is 20.1. The third kappa shape index (κ3) is 10.9. The van der Waals surface area contributed by atoms with Gasteiger partial charge in [-0.2, -0.15) is 0 Å².